The van der Waals surface area contributed by atoms with Crippen molar-refractivity contribution < 1.29 is 0 Å². The van der Waals surface area contributed by atoms with E-state index in [2.05, 4.69) is 48.3 Å². The molecule has 2 nitrogen and oxygen atoms in total. The van der Waals surface area contributed by atoms with E-state index >= 15 is 0 Å². The molecule has 2 aromatic rings. The van der Waals surface area contributed by atoms with Crippen molar-refractivity contribution in [1.82, 2.24) is 5.32 Å². The minimum Gasteiger partial charge on any atom is -0.361 e. The first kappa shape index (κ1) is 15.7. The Kier molecular flexibility index (Phi) is 4.62. The molecule has 0 aromatic heterocycles. The lowest BCUT2D eigenvalue weighted by molar-refractivity contribution is 0.411. The van der Waals surface area contributed by atoms with Gasteiger partial charge in [-0.15, -0.1) is 0 Å². The minimum absolute atomic E-state index is 0.524. The van der Waals surface area contributed by atoms with E-state index in [9.17, 15) is 0 Å². The molecule has 1 aliphatic heterocycles. The molecule has 116 valence electrons. The Labute approximate surface area is 142 Å². The van der Waals surface area contributed by atoms with E-state index in [0.29, 0.717) is 16.1 Å². The predicted octanol–water partition coefficient (Wildman–Crippen LogP) is 4.59. The van der Waals surface area contributed by atoms with Gasteiger partial charge in [-0.05, 0) is 43.2 Å². The summed E-state index contributed by atoms with van der Waals surface area (Å²) in [6.45, 7) is 7.19. The molecule has 0 amide bonds. The number of anilines is 1. The maximum absolute atomic E-state index is 6.16. The zero-order valence-corrected chi connectivity index (χ0v) is 14.4. The molecule has 0 aliphatic carbocycles. The summed E-state index contributed by atoms with van der Waals surface area (Å²) in [6.07, 6.45) is 0. The molecule has 0 radical (unpaired) electrons. The summed E-state index contributed by atoms with van der Waals surface area (Å²) < 4.78 is 0. The lowest BCUT2D eigenvalue weighted by atomic mass is 10.0. The van der Waals surface area contributed by atoms with E-state index in [4.69, 9.17) is 23.2 Å². The number of hydrogen-bond acceptors (Lipinski definition) is 2. The van der Waals surface area contributed by atoms with Crippen LogP contribution in [0, 0.1) is 13.8 Å². The van der Waals surface area contributed by atoms with Crippen LogP contribution in [0.25, 0.3) is 0 Å². The molecule has 2 aromatic carbocycles. The quantitative estimate of drug-likeness (QED) is 0.879. The zero-order valence-electron chi connectivity index (χ0n) is 12.9. The predicted molar refractivity (Wildman–Crippen MR) is 95.2 cm³/mol. The highest BCUT2D eigenvalue weighted by Gasteiger charge is 2.26. The Hall–Kier alpha value is -1.22. The topological polar surface area (TPSA) is 15.3 Å². The van der Waals surface area contributed by atoms with Crippen LogP contribution in [0.2, 0.25) is 10.0 Å². The fourth-order valence-electron chi connectivity index (χ4n) is 2.87. The van der Waals surface area contributed by atoms with Gasteiger partial charge < -0.3 is 10.2 Å². The van der Waals surface area contributed by atoms with Crippen LogP contribution < -0.4 is 10.2 Å². The molecular weight excluding hydrogens is 315 g/mol. The van der Waals surface area contributed by atoms with Crippen LogP contribution >= 0.6 is 23.2 Å². The Bertz CT molecular complexity index is 681. The molecule has 0 saturated carbocycles. The van der Waals surface area contributed by atoms with E-state index in [0.717, 1.165) is 19.6 Å². The average Bonchev–Trinajstić information content (AvgIpc) is 2.40. The third-order valence-corrected chi connectivity index (χ3v) is 4.94. The second-order valence-corrected chi connectivity index (χ2v) is 6.79. The van der Waals surface area contributed by atoms with E-state index in [1.54, 1.807) is 0 Å². The van der Waals surface area contributed by atoms with Crippen molar-refractivity contribution in [3.05, 3.63) is 63.1 Å². The monoisotopic (exact) mass is 334 g/mol. The standard InChI is InChI=1S/C18H20Cl2N2/c1-12-3-6-18(13(2)7-12)22(15-9-21-10-15)11-14-4-5-16(19)17(20)8-14/h3-8,15,21H,9-11H2,1-2H3. The van der Waals surface area contributed by atoms with Crippen LogP contribution in [0.3, 0.4) is 0 Å². The summed E-state index contributed by atoms with van der Waals surface area (Å²) in [5.41, 5.74) is 5.08. The van der Waals surface area contributed by atoms with Gasteiger partial charge >= 0.3 is 0 Å². The number of aryl methyl sites for hydroxylation is 2. The van der Waals surface area contributed by atoms with E-state index in [1.165, 1.54) is 22.4 Å². The molecule has 0 bridgehead atoms. The third-order valence-electron chi connectivity index (χ3n) is 4.20. The summed E-state index contributed by atoms with van der Waals surface area (Å²) >= 11 is 12.2. The Morgan fingerprint density at radius 2 is 1.82 bits per heavy atom. The SMILES string of the molecule is Cc1ccc(N(Cc2ccc(Cl)c(Cl)c2)C2CNC2)c(C)c1. The van der Waals surface area contributed by atoms with Crippen molar-refractivity contribution in [2.75, 3.05) is 18.0 Å². The van der Waals surface area contributed by atoms with Crippen LogP contribution in [0.1, 0.15) is 16.7 Å². The third kappa shape index (κ3) is 3.24. The van der Waals surface area contributed by atoms with Crippen LogP contribution in [-0.4, -0.2) is 19.1 Å². The van der Waals surface area contributed by atoms with E-state index < -0.39 is 0 Å². The summed E-state index contributed by atoms with van der Waals surface area (Å²) in [5.74, 6) is 0. The van der Waals surface area contributed by atoms with Crippen LogP contribution in [0.4, 0.5) is 5.69 Å². The largest absolute Gasteiger partial charge is 0.361 e. The first-order chi connectivity index (χ1) is 10.5. The van der Waals surface area contributed by atoms with Crippen LogP contribution in [0.5, 0.6) is 0 Å². The molecule has 22 heavy (non-hydrogen) atoms. The zero-order chi connectivity index (χ0) is 15.7. The van der Waals surface area contributed by atoms with Crippen molar-refractivity contribution in [3.8, 4) is 0 Å². The van der Waals surface area contributed by atoms with Crippen molar-refractivity contribution in [2.45, 2.75) is 26.4 Å². The molecule has 1 N–H and O–H groups in total. The Morgan fingerprint density at radius 3 is 2.41 bits per heavy atom. The van der Waals surface area contributed by atoms with Crippen LogP contribution in [-0.2, 0) is 6.54 Å². The van der Waals surface area contributed by atoms with Gasteiger partial charge in [-0.1, -0.05) is 47.0 Å². The molecule has 1 fully saturated rings. The Balaban J connectivity index is 1.91. The van der Waals surface area contributed by atoms with Gasteiger partial charge in [0.25, 0.3) is 0 Å². The molecule has 1 heterocycles. The molecule has 4 heteroatoms. The average molecular weight is 335 g/mol. The van der Waals surface area contributed by atoms with Crippen molar-refractivity contribution in [2.24, 2.45) is 0 Å². The molecule has 0 spiro atoms. The summed E-state index contributed by atoms with van der Waals surface area (Å²) in [7, 11) is 0. The van der Waals surface area contributed by atoms with Gasteiger partial charge in [0.05, 0.1) is 16.1 Å². The molecular formula is C18H20Cl2N2. The van der Waals surface area contributed by atoms with Gasteiger partial charge in [0.2, 0.25) is 0 Å². The highest BCUT2D eigenvalue weighted by Crippen LogP contribution is 2.28. The second kappa shape index (κ2) is 6.49. The maximum Gasteiger partial charge on any atom is 0.0595 e. The Morgan fingerprint density at radius 1 is 1.05 bits per heavy atom. The molecule has 1 saturated heterocycles. The van der Waals surface area contributed by atoms with Gasteiger partial charge in [-0.2, -0.15) is 0 Å². The summed E-state index contributed by atoms with van der Waals surface area (Å²) in [5, 5.41) is 4.58. The fourth-order valence-corrected chi connectivity index (χ4v) is 3.19. The highest BCUT2D eigenvalue weighted by molar-refractivity contribution is 6.42. The van der Waals surface area contributed by atoms with Crippen molar-refractivity contribution >= 4 is 28.9 Å². The number of nitrogens with zero attached hydrogens (tertiary/aromatic N) is 1. The lowest BCUT2D eigenvalue weighted by Crippen LogP contribution is -2.57. The number of nitrogens with one attached hydrogen (secondary N) is 1. The molecule has 0 atom stereocenters. The van der Waals surface area contributed by atoms with Gasteiger partial charge in [0.1, 0.15) is 0 Å². The van der Waals surface area contributed by atoms with Gasteiger partial charge in [-0.3, -0.25) is 0 Å². The maximum atomic E-state index is 6.16. The van der Waals surface area contributed by atoms with Gasteiger partial charge in [-0.25, -0.2) is 0 Å². The van der Waals surface area contributed by atoms with Gasteiger partial charge in [0, 0.05) is 25.3 Å². The fraction of sp³-hybridized carbons (Fsp3) is 0.333. The first-order valence-corrected chi connectivity index (χ1v) is 8.29. The number of benzene rings is 2. The highest BCUT2D eigenvalue weighted by atomic mass is 35.5. The summed E-state index contributed by atoms with van der Waals surface area (Å²) in [4.78, 5) is 2.46. The van der Waals surface area contributed by atoms with Crippen molar-refractivity contribution in [3.63, 3.8) is 0 Å². The van der Waals surface area contributed by atoms with Crippen molar-refractivity contribution in [1.29, 1.82) is 0 Å². The van der Waals surface area contributed by atoms with Gasteiger partial charge in [0.15, 0.2) is 0 Å². The number of rotatable bonds is 4. The molecule has 1 aliphatic rings. The summed E-state index contributed by atoms with van der Waals surface area (Å²) in [6, 6.07) is 13.1. The van der Waals surface area contributed by atoms with E-state index in [-0.39, 0.29) is 0 Å². The first-order valence-electron chi connectivity index (χ1n) is 7.53. The smallest absolute Gasteiger partial charge is 0.0595 e. The molecule has 0 unspecified atom stereocenters. The normalized spacial score (nSPS) is 14.7. The number of halogens is 2. The molecule has 3 rings (SSSR count). The van der Waals surface area contributed by atoms with E-state index in [1.807, 2.05) is 12.1 Å². The lowest BCUT2D eigenvalue weighted by Gasteiger charge is -2.40. The minimum atomic E-state index is 0.524. The number of hydrogen-bond donors (Lipinski definition) is 1. The van der Waals surface area contributed by atoms with Crippen LogP contribution in [0.15, 0.2) is 36.4 Å². The second-order valence-electron chi connectivity index (χ2n) is 5.98.